The van der Waals surface area contributed by atoms with Gasteiger partial charge in [-0.25, -0.2) is 0 Å². The molecule has 0 saturated heterocycles. The van der Waals surface area contributed by atoms with Crippen LogP contribution in [-0.4, -0.2) is 25.9 Å². The van der Waals surface area contributed by atoms with Crippen LogP contribution in [0.15, 0.2) is 140 Å². The summed E-state index contributed by atoms with van der Waals surface area (Å²) in [6.07, 6.45) is 1.92. The Labute approximate surface area is 387 Å². The number of anilines is 7. The van der Waals surface area contributed by atoms with Crippen molar-refractivity contribution in [2.24, 2.45) is 0 Å². The van der Waals surface area contributed by atoms with Gasteiger partial charge in [0.25, 0.3) is 0 Å². The Hall–Kier alpha value is -4.85. The molecule has 2 aliphatic heterocycles. The van der Waals surface area contributed by atoms with E-state index in [0.717, 1.165) is 34.3 Å². The molecule has 0 unspecified atom stereocenters. The molecule has 0 saturated carbocycles. The van der Waals surface area contributed by atoms with E-state index >= 15 is 0 Å². The predicted octanol–water partition coefficient (Wildman–Crippen LogP) is 12.9. The average molecular weight is 1090 g/mol. The zero-order valence-electron chi connectivity index (χ0n) is 36.3. The summed E-state index contributed by atoms with van der Waals surface area (Å²) in [7, 11) is 0. The molecule has 7 heteroatoms. The fourth-order valence-corrected chi connectivity index (χ4v) is 10.6. The summed E-state index contributed by atoms with van der Waals surface area (Å²) in [6.45, 7) is 22.6. The van der Waals surface area contributed by atoms with Crippen molar-refractivity contribution in [3.05, 3.63) is 175 Å². The summed E-state index contributed by atoms with van der Waals surface area (Å²) in [4.78, 5) is 11.7. The van der Waals surface area contributed by atoms with Crippen molar-refractivity contribution < 1.29 is 25.8 Å². The molecule has 0 atom stereocenters. The fourth-order valence-electron chi connectivity index (χ4n) is 7.73. The molecular weight excluding hydrogens is 1040 g/mol. The van der Waals surface area contributed by atoms with Crippen LogP contribution in [0.25, 0.3) is 11.1 Å². The maximum absolute atomic E-state index is 6.69. The van der Waals surface area contributed by atoms with Gasteiger partial charge in [0.15, 0.2) is 0 Å². The molecule has 2 aliphatic rings. The largest absolute Gasteiger partial charge is 0.0371 e. The maximum atomic E-state index is 6.69. The Morgan fingerprint density at radius 2 is 1.25 bits per heavy atom. The molecule has 1 aromatic heterocycles. The molecule has 0 amide bonds. The van der Waals surface area contributed by atoms with Gasteiger partial charge in [-0.3, -0.25) is 0 Å². The van der Waals surface area contributed by atoms with Gasteiger partial charge in [-0.15, -0.1) is 0 Å². The molecule has 312 valence electrons. The van der Waals surface area contributed by atoms with Gasteiger partial charge in [-0.2, -0.15) is 0 Å². The third kappa shape index (κ3) is 8.66. The first kappa shape index (κ1) is 42.8. The number of para-hydroxylation sites is 1. The molecule has 0 N–H and O–H groups in total. The average Bonchev–Trinajstić information content (AvgIpc) is 3.61. The molecule has 61 heavy (non-hydrogen) atoms. The van der Waals surface area contributed by atoms with Gasteiger partial charge in [0, 0.05) is 21.1 Å². The molecule has 0 bridgehead atoms. The molecule has 9 rings (SSSR count). The Morgan fingerprint density at radius 3 is 2.00 bits per heavy atom. The summed E-state index contributed by atoms with van der Waals surface area (Å²) in [5.41, 5.74) is 12.5. The van der Waals surface area contributed by atoms with Gasteiger partial charge in [-0.1, -0.05) is 84.0 Å². The molecule has 3 heterocycles. The van der Waals surface area contributed by atoms with Gasteiger partial charge in [0.05, 0.1) is 0 Å². The zero-order chi connectivity index (χ0) is 42.0. The van der Waals surface area contributed by atoms with E-state index in [-0.39, 0.29) is 37.3 Å². The first-order chi connectivity index (χ1) is 28.6. The standard InChI is InChI=1S/C54H51N4OTe.Pt/c1-52(2,3)38-22-24-45-47(31-38)56(35-57(45)42-29-37(36-16-11-10-12-17-36)28-40(30-42)54(7,8)9)41-18-15-19-43(33-41)59-44-23-25-50-48(34-44)58(46-20-13-14-21-49(46)60-50)51-32-39(26-27-55-51)53(4,5)6;/h10-32,35H,1-9H3;/q-3;. The Balaban J connectivity index is 0.00000514. The third-order valence-electron chi connectivity index (χ3n) is 11.2. The second kappa shape index (κ2) is 16.4. The van der Waals surface area contributed by atoms with E-state index in [1.165, 1.54) is 40.7 Å². The number of ether oxygens (including phenoxy) is 1. The van der Waals surface area contributed by atoms with Gasteiger partial charge in [-0.05, 0) is 39.7 Å². The van der Waals surface area contributed by atoms with Crippen molar-refractivity contribution in [3.8, 4) is 22.6 Å². The van der Waals surface area contributed by atoms with Crippen molar-refractivity contribution in [2.45, 2.75) is 78.6 Å². The van der Waals surface area contributed by atoms with Crippen LogP contribution in [0, 0.1) is 18.8 Å². The van der Waals surface area contributed by atoms with Crippen molar-refractivity contribution in [1.82, 2.24) is 4.98 Å². The van der Waals surface area contributed by atoms with E-state index in [1.807, 2.05) is 18.3 Å². The van der Waals surface area contributed by atoms with Crippen LogP contribution in [0.1, 0.15) is 79.0 Å². The first-order valence-electron chi connectivity index (χ1n) is 20.7. The summed E-state index contributed by atoms with van der Waals surface area (Å²) in [5, 5.41) is 0. The topological polar surface area (TPSA) is 31.8 Å². The van der Waals surface area contributed by atoms with Gasteiger partial charge in [0.1, 0.15) is 0 Å². The van der Waals surface area contributed by atoms with Crippen molar-refractivity contribution in [1.29, 1.82) is 0 Å². The number of hydrogen-bond donors (Lipinski definition) is 0. The SMILES string of the molecule is CC(C)(C)c1cc(-c2ccccc2)cc(N2[CH-]N(c3[c-]c(Oc4[c-]c5c(cc4)[Te]c4ccccc4N5c4cc(C(C)(C)C)ccn4)ccc3)c3cc(C(C)(C)C)ccc32)c1.[Pt]. The molecule has 5 nitrogen and oxygen atoms in total. The minimum atomic E-state index is -0.649. The number of benzene rings is 6. The molecule has 0 fully saturated rings. The van der Waals surface area contributed by atoms with Crippen LogP contribution >= 0.6 is 0 Å². The number of nitrogens with zero attached hydrogens (tertiary/aromatic N) is 4. The van der Waals surface area contributed by atoms with E-state index in [0.29, 0.717) is 11.5 Å². The summed E-state index contributed by atoms with van der Waals surface area (Å²) >= 11 is -0.649. The molecule has 0 aliphatic carbocycles. The Morgan fingerprint density at radius 1 is 0.541 bits per heavy atom. The Kier molecular flexibility index (Phi) is 11.5. The van der Waals surface area contributed by atoms with E-state index in [9.17, 15) is 0 Å². The van der Waals surface area contributed by atoms with Crippen molar-refractivity contribution >= 4 is 68.1 Å². The second-order valence-corrected chi connectivity index (χ2v) is 21.9. The quantitative estimate of drug-likeness (QED) is 0.122. The number of fused-ring (bicyclic) bond motifs is 3. The molecule has 7 aromatic rings. The molecular formula is C54H51N4OPtTe-3. The molecule has 0 spiro atoms. The third-order valence-corrected chi connectivity index (χ3v) is 14.4. The minimum Gasteiger partial charge on any atom is -0.0371 e. The maximum Gasteiger partial charge on any atom is 0 e. The van der Waals surface area contributed by atoms with E-state index in [2.05, 4.69) is 217 Å². The summed E-state index contributed by atoms with van der Waals surface area (Å²) in [5.74, 6) is 2.15. The smallest absolute Gasteiger partial charge is 0 e. The summed E-state index contributed by atoms with van der Waals surface area (Å²) < 4.78 is 9.38. The van der Waals surface area contributed by atoms with Crippen LogP contribution in [0.5, 0.6) is 11.5 Å². The van der Waals surface area contributed by atoms with Crippen LogP contribution in [0.2, 0.25) is 0 Å². The monoisotopic (exact) mass is 1100 g/mol. The molecule has 6 aromatic carbocycles. The minimum absolute atomic E-state index is 0. The Bertz CT molecular complexity index is 2730. The number of aromatic nitrogens is 1. The molecule has 0 radical (unpaired) electrons. The van der Waals surface area contributed by atoms with Crippen LogP contribution in [0.4, 0.5) is 39.9 Å². The van der Waals surface area contributed by atoms with Crippen LogP contribution < -0.4 is 26.7 Å². The van der Waals surface area contributed by atoms with Crippen LogP contribution in [0.3, 0.4) is 0 Å². The second-order valence-electron chi connectivity index (χ2n) is 18.8. The number of pyridine rings is 1. The van der Waals surface area contributed by atoms with Gasteiger partial charge in [0.2, 0.25) is 0 Å². The first-order valence-corrected chi connectivity index (χ1v) is 23.0. The van der Waals surface area contributed by atoms with Gasteiger partial charge >= 0.3 is 245 Å². The normalized spacial score (nSPS) is 13.6. The van der Waals surface area contributed by atoms with E-state index < -0.39 is 20.9 Å². The van der Waals surface area contributed by atoms with E-state index in [1.54, 1.807) is 0 Å². The van der Waals surface area contributed by atoms with E-state index in [4.69, 9.17) is 9.72 Å². The van der Waals surface area contributed by atoms with Crippen LogP contribution in [-0.2, 0) is 37.3 Å². The number of hydrogen-bond acceptors (Lipinski definition) is 5. The zero-order valence-corrected chi connectivity index (χ0v) is 40.9. The number of rotatable bonds is 6. The summed E-state index contributed by atoms with van der Waals surface area (Å²) in [6, 6.07) is 55.3. The van der Waals surface area contributed by atoms with Crippen molar-refractivity contribution in [2.75, 3.05) is 14.7 Å². The fraction of sp³-hybridized carbons (Fsp3) is 0.222. The predicted molar refractivity (Wildman–Crippen MR) is 251 cm³/mol. The van der Waals surface area contributed by atoms with Crippen molar-refractivity contribution in [3.63, 3.8) is 0 Å². The van der Waals surface area contributed by atoms with Gasteiger partial charge < -0.3 is 0 Å².